The molecule has 0 unspecified atom stereocenters. The molecule has 4 N–H and O–H groups in total. The average Bonchev–Trinajstić information content (AvgIpc) is 3.08. The highest BCUT2D eigenvalue weighted by molar-refractivity contribution is 6.10. The molecule has 0 saturated carbocycles. The van der Waals surface area contributed by atoms with Gasteiger partial charge in [0.05, 0.1) is 12.1 Å². The number of primary amides is 1. The Balaban J connectivity index is 1.70. The summed E-state index contributed by atoms with van der Waals surface area (Å²) in [6, 6.07) is 15.3. The molecule has 0 spiro atoms. The molecular formula is C23H23N3O5. The highest BCUT2D eigenvalue weighted by Gasteiger charge is 2.21. The fourth-order valence-corrected chi connectivity index (χ4v) is 3.30. The van der Waals surface area contributed by atoms with Crippen molar-refractivity contribution in [2.75, 3.05) is 0 Å². The van der Waals surface area contributed by atoms with Gasteiger partial charge in [-0.1, -0.05) is 36.4 Å². The van der Waals surface area contributed by atoms with E-state index in [0.717, 1.165) is 10.9 Å². The summed E-state index contributed by atoms with van der Waals surface area (Å²) in [6.45, 7) is 0. The lowest BCUT2D eigenvalue weighted by Crippen LogP contribution is -2.35. The van der Waals surface area contributed by atoms with E-state index in [4.69, 9.17) is 11.5 Å². The van der Waals surface area contributed by atoms with E-state index in [0.29, 0.717) is 16.8 Å². The second kappa shape index (κ2) is 9.36. The van der Waals surface area contributed by atoms with Crippen LogP contribution in [0.3, 0.4) is 0 Å². The Morgan fingerprint density at radius 3 is 2.45 bits per heavy atom. The molecule has 2 aromatic carbocycles. The molecule has 0 saturated heterocycles. The summed E-state index contributed by atoms with van der Waals surface area (Å²) in [7, 11) is 1.83. The van der Waals surface area contributed by atoms with Crippen molar-refractivity contribution in [3.05, 3.63) is 71.4 Å². The third-order valence-corrected chi connectivity index (χ3v) is 4.92. The highest BCUT2D eigenvalue weighted by atomic mass is 16.6. The van der Waals surface area contributed by atoms with Gasteiger partial charge in [0.1, 0.15) is 6.04 Å². The molecule has 31 heavy (non-hydrogen) atoms. The van der Waals surface area contributed by atoms with E-state index in [-0.39, 0.29) is 25.0 Å². The standard InChI is InChI=1S/C23H23N3O5/c1-26-18-8-3-2-6-15(18)13-19(26)22(29)16-7-4-5-14(11-16)12-17(24)23(30)31-21(28)10-9-20(25)27/h2-8,11,13,17H,9-10,12,24H2,1H3,(H2,25,27)/t17-/m0/s1. The number of benzene rings is 2. The van der Waals surface area contributed by atoms with Crippen molar-refractivity contribution in [3.8, 4) is 0 Å². The predicted octanol–water partition coefficient (Wildman–Crippen LogP) is 1.61. The Kier molecular flexibility index (Phi) is 6.61. The maximum absolute atomic E-state index is 13.1. The van der Waals surface area contributed by atoms with Crippen molar-refractivity contribution in [1.82, 2.24) is 4.57 Å². The van der Waals surface area contributed by atoms with Crippen LogP contribution in [0.2, 0.25) is 0 Å². The number of nitrogens with zero attached hydrogens (tertiary/aromatic N) is 1. The lowest BCUT2D eigenvalue weighted by Gasteiger charge is -2.11. The minimum Gasteiger partial charge on any atom is -0.392 e. The number of nitrogens with two attached hydrogens (primary N) is 2. The molecule has 1 atom stereocenters. The molecule has 0 aliphatic carbocycles. The Labute approximate surface area is 178 Å². The first-order valence-corrected chi connectivity index (χ1v) is 9.72. The molecule has 0 aliphatic heterocycles. The number of para-hydroxylation sites is 1. The number of hydrogen-bond acceptors (Lipinski definition) is 6. The van der Waals surface area contributed by atoms with E-state index < -0.39 is 23.9 Å². The Morgan fingerprint density at radius 1 is 1.00 bits per heavy atom. The minimum atomic E-state index is -1.10. The monoisotopic (exact) mass is 421 g/mol. The van der Waals surface area contributed by atoms with Crippen molar-refractivity contribution < 1.29 is 23.9 Å². The van der Waals surface area contributed by atoms with Gasteiger partial charge in [0.15, 0.2) is 0 Å². The third kappa shape index (κ3) is 5.23. The summed E-state index contributed by atoms with van der Waals surface area (Å²) >= 11 is 0. The van der Waals surface area contributed by atoms with Crippen LogP contribution >= 0.6 is 0 Å². The van der Waals surface area contributed by atoms with E-state index in [1.165, 1.54) is 0 Å². The first-order chi connectivity index (χ1) is 14.8. The van der Waals surface area contributed by atoms with Gasteiger partial charge < -0.3 is 20.8 Å². The Hall–Kier alpha value is -3.78. The van der Waals surface area contributed by atoms with E-state index in [1.807, 2.05) is 41.9 Å². The van der Waals surface area contributed by atoms with Gasteiger partial charge in [0, 0.05) is 29.9 Å². The van der Waals surface area contributed by atoms with Crippen molar-refractivity contribution in [2.24, 2.45) is 18.5 Å². The molecule has 1 heterocycles. The molecule has 1 aromatic heterocycles. The molecule has 1 amide bonds. The molecule has 0 radical (unpaired) electrons. The van der Waals surface area contributed by atoms with Gasteiger partial charge in [-0.15, -0.1) is 0 Å². The number of ether oxygens (including phenoxy) is 1. The SMILES string of the molecule is Cn1c(C(=O)c2cccc(C[C@H](N)C(=O)OC(=O)CCC(N)=O)c2)cc2ccccc21. The zero-order chi connectivity index (χ0) is 22.5. The minimum absolute atomic E-state index is 0.0815. The normalized spacial score (nSPS) is 11.8. The number of hydrogen-bond donors (Lipinski definition) is 2. The molecule has 0 fully saturated rings. The van der Waals surface area contributed by atoms with Gasteiger partial charge in [-0.25, -0.2) is 4.79 Å². The summed E-state index contributed by atoms with van der Waals surface area (Å²) in [5.41, 5.74) is 13.4. The highest BCUT2D eigenvalue weighted by Crippen LogP contribution is 2.21. The maximum Gasteiger partial charge on any atom is 0.330 e. The van der Waals surface area contributed by atoms with Crippen molar-refractivity contribution in [1.29, 1.82) is 0 Å². The summed E-state index contributed by atoms with van der Waals surface area (Å²) in [5.74, 6) is -2.58. The van der Waals surface area contributed by atoms with Gasteiger partial charge in [-0.05, 0) is 30.2 Å². The van der Waals surface area contributed by atoms with Crippen molar-refractivity contribution >= 4 is 34.5 Å². The summed E-state index contributed by atoms with van der Waals surface area (Å²) < 4.78 is 6.49. The number of aromatic nitrogens is 1. The number of aryl methyl sites for hydroxylation is 1. The fourth-order valence-electron chi connectivity index (χ4n) is 3.30. The van der Waals surface area contributed by atoms with Gasteiger partial charge in [0.2, 0.25) is 11.7 Å². The number of carbonyl (C=O) groups is 4. The number of amides is 1. The predicted molar refractivity (Wildman–Crippen MR) is 114 cm³/mol. The molecule has 0 bridgehead atoms. The zero-order valence-electron chi connectivity index (χ0n) is 17.0. The molecule has 8 nitrogen and oxygen atoms in total. The summed E-state index contributed by atoms with van der Waals surface area (Å²) in [6.07, 6.45) is -0.416. The fraction of sp³-hybridized carbons (Fsp3) is 0.217. The molecule has 3 rings (SSSR count). The first-order valence-electron chi connectivity index (χ1n) is 9.72. The van der Waals surface area contributed by atoms with Crippen molar-refractivity contribution in [3.63, 3.8) is 0 Å². The lowest BCUT2D eigenvalue weighted by atomic mass is 10.0. The van der Waals surface area contributed by atoms with Crippen LogP contribution in [0.1, 0.15) is 34.5 Å². The van der Waals surface area contributed by atoms with E-state index in [9.17, 15) is 19.2 Å². The largest absolute Gasteiger partial charge is 0.392 e. The van der Waals surface area contributed by atoms with E-state index in [2.05, 4.69) is 4.74 Å². The Morgan fingerprint density at radius 2 is 1.74 bits per heavy atom. The van der Waals surface area contributed by atoms with Gasteiger partial charge in [-0.2, -0.15) is 0 Å². The summed E-state index contributed by atoms with van der Waals surface area (Å²) in [5, 5.41) is 0.968. The van der Waals surface area contributed by atoms with Crippen LogP contribution in [0.15, 0.2) is 54.6 Å². The van der Waals surface area contributed by atoms with E-state index >= 15 is 0 Å². The number of rotatable bonds is 8. The molecule has 3 aromatic rings. The number of carbonyl (C=O) groups excluding carboxylic acids is 4. The third-order valence-electron chi connectivity index (χ3n) is 4.92. The van der Waals surface area contributed by atoms with Gasteiger partial charge in [0.25, 0.3) is 0 Å². The van der Waals surface area contributed by atoms with Crippen LogP contribution in [0, 0.1) is 0 Å². The number of fused-ring (bicyclic) bond motifs is 1. The molecular weight excluding hydrogens is 398 g/mol. The van der Waals surface area contributed by atoms with Crippen LogP contribution in [-0.2, 0) is 32.6 Å². The van der Waals surface area contributed by atoms with E-state index in [1.54, 1.807) is 24.3 Å². The molecule has 0 aliphatic rings. The molecule has 160 valence electrons. The second-order valence-corrected chi connectivity index (χ2v) is 7.25. The van der Waals surface area contributed by atoms with Gasteiger partial charge in [-0.3, -0.25) is 14.4 Å². The van der Waals surface area contributed by atoms with Crippen LogP contribution in [0.5, 0.6) is 0 Å². The van der Waals surface area contributed by atoms with Crippen LogP contribution in [0.4, 0.5) is 0 Å². The van der Waals surface area contributed by atoms with Gasteiger partial charge >= 0.3 is 11.9 Å². The van der Waals surface area contributed by atoms with Crippen LogP contribution in [-0.4, -0.2) is 34.2 Å². The van der Waals surface area contributed by atoms with Crippen LogP contribution < -0.4 is 11.5 Å². The first kappa shape index (κ1) is 21.9. The molecule has 8 heteroatoms. The Bertz CT molecular complexity index is 1160. The average molecular weight is 421 g/mol. The topological polar surface area (TPSA) is 134 Å². The lowest BCUT2D eigenvalue weighted by molar-refractivity contribution is -0.161. The number of ketones is 1. The zero-order valence-corrected chi connectivity index (χ0v) is 17.0. The van der Waals surface area contributed by atoms with Crippen molar-refractivity contribution in [2.45, 2.75) is 25.3 Å². The smallest absolute Gasteiger partial charge is 0.330 e. The second-order valence-electron chi connectivity index (χ2n) is 7.25. The maximum atomic E-state index is 13.1. The van der Waals surface area contributed by atoms with Crippen LogP contribution in [0.25, 0.3) is 10.9 Å². The summed E-state index contributed by atoms with van der Waals surface area (Å²) in [4.78, 5) is 47.4. The quantitative estimate of drug-likeness (QED) is 0.322. The number of esters is 2.